The number of nitrogens with zero attached hydrogens (tertiary/aromatic N) is 3. The highest BCUT2D eigenvalue weighted by atomic mass is 16.3. The zero-order valence-electron chi connectivity index (χ0n) is 15.0. The lowest BCUT2D eigenvalue weighted by atomic mass is 9.88. The van der Waals surface area contributed by atoms with Gasteiger partial charge in [-0.25, -0.2) is 4.98 Å². The van der Waals surface area contributed by atoms with Crippen LogP contribution in [0.5, 0.6) is 0 Å². The SMILES string of the molecule is O=C(c1cn2c(n1)CNCC2)N1CCC([C@H](O)Cc2ccccc2)CC1. The van der Waals surface area contributed by atoms with Crippen LogP contribution in [-0.2, 0) is 19.5 Å². The standard InChI is InChI=1S/C20H26N4O2/c25-18(12-15-4-2-1-3-5-15)16-6-9-23(10-7-16)20(26)17-14-24-11-8-21-13-19(24)22-17/h1-5,14,16,18,21,25H,6-13H2/t18-/m1/s1. The number of carbonyl (C=O) groups excluding carboxylic acids is 1. The Morgan fingerprint density at radius 2 is 2.00 bits per heavy atom. The van der Waals surface area contributed by atoms with Crippen LogP contribution < -0.4 is 5.32 Å². The molecule has 2 N–H and O–H groups in total. The van der Waals surface area contributed by atoms with E-state index in [9.17, 15) is 9.90 Å². The van der Waals surface area contributed by atoms with Gasteiger partial charge in [-0.05, 0) is 30.7 Å². The van der Waals surface area contributed by atoms with Gasteiger partial charge in [0.05, 0.1) is 12.6 Å². The maximum atomic E-state index is 12.8. The molecule has 2 aliphatic rings. The van der Waals surface area contributed by atoms with Crippen molar-refractivity contribution in [1.29, 1.82) is 0 Å². The second-order valence-corrected chi connectivity index (χ2v) is 7.30. The normalized spacial score (nSPS) is 19.2. The van der Waals surface area contributed by atoms with Crippen LogP contribution >= 0.6 is 0 Å². The lowest BCUT2D eigenvalue weighted by Gasteiger charge is -2.34. The summed E-state index contributed by atoms with van der Waals surface area (Å²) in [6.45, 7) is 3.89. The zero-order valence-corrected chi connectivity index (χ0v) is 15.0. The Balaban J connectivity index is 1.33. The molecule has 0 spiro atoms. The number of likely N-dealkylation sites (tertiary alicyclic amines) is 1. The van der Waals surface area contributed by atoms with E-state index < -0.39 is 0 Å². The van der Waals surface area contributed by atoms with Crippen molar-refractivity contribution >= 4 is 5.91 Å². The largest absolute Gasteiger partial charge is 0.392 e. The lowest BCUT2D eigenvalue weighted by Crippen LogP contribution is -2.41. The van der Waals surface area contributed by atoms with Crippen molar-refractivity contribution in [3.8, 4) is 0 Å². The number of aromatic nitrogens is 2. The fourth-order valence-corrected chi connectivity index (χ4v) is 3.96. The van der Waals surface area contributed by atoms with E-state index in [1.807, 2.05) is 29.3 Å². The fraction of sp³-hybridized carbons (Fsp3) is 0.500. The number of hydrogen-bond acceptors (Lipinski definition) is 4. The van der Waals surface area contributed by atoms with Crippen LogP contribution in [0, 0.1) is 5.92 Å². The summed E-state index contributed by atoms with van der Waals surface area (Å²) in [4.78, 5) is 19.1. The van der Waals surface area contributed by atoms with Gasteiger partial charge in [-0.15, -0.1) is 0 Å². The minimum absolute atomic E-state index is 0.0166. The van der Waals surface area contributed by atoms with Crippen molar-refractivity contribution in [2.24, 2.45) is 5.92 Å². The molecule has 0 unspecified atom stereocenters. The summed E-state index contributed by atoms with van der Waals surface area (Å²) in [6.07, 6.45) is 3.90. The van der Waals surface area contributed by atoms with Gasteiger partial charge >= 0.3 is 0 Å². The maximum absolute atomic E-state index is 12.8. The molecule has 138 valence electrons. The summed E-state index contributed by atoms with van der Waals surface area (Å²) in [5.41, 5.74) is 1.71. The molecule has 2 aliphatic heterocycles. The lowest BCUT2D eigenvalue weighted by molar-refractivity contribution is 0.0464. The van der Waals surface area contributed by atoms with Gasteiger partial charge in [0, 0.05) is 32.4 Å². The molecule has 1 aromatic heterocycles. The number of rotatable bonds is 4. The number of carbonyl (C=O) groups is 1. The number of imidazole rings is 1. The van der Waals surface area contributed by atoms with Crippen LogP contribution in [0.25, 0.3) is 0 Å². The number of aliphatic hydroxyl groups excluding tert-OH is 1. The second-order valence-electron chi connectivity index (χ2n) is 7.30. The zero-order chi connectivity index (χ0) is 17.9. The summed E-state index contributed by atoms with van der Waals surface area (Å²) in [5.74, 6) is 1.20. The monoisotopic (exact) mass is 354 g/mol. The molecule has 1 fully saturated rings. The molecule has 0 aliphatic carbocycles. The first-order chi connectivity index (χ1) is 12.7. The van der Waals surface area contributed by atoms with Gasteiger partial charge in [0.2, 0.25) is 0 Å². The third-order valence-corrected chi connectivity index (χ3v) is 5.55. The molecule has 0 radical (unpaired) electrons. The molecular weight excluding hydrogens is 328 g/mol. The second kappa shape index (κ2) is 7.60. The van der Waals surface area contributed by atoms with E-state index in [0.717, 1.165) is 43.9 Å². The third kappa shape index (κ3) is 3.66. The van der Waals surface area contributed by atoms with Crippen molar-refractivity contribution in [2.75, 3.05) is 19.6 Å². The number of benzene rings is 1. The Hall–Kier alpha value is -2.18. The van der Waals surface area contributed by atoms with Crippen LogP contribution in [0.1, 0.15) is 34.7 Å². The van der Waals surface area contributed by atoms with E-state index in [2.05, 4.69) is 27.0 Å². The van der Waals surface area contributed by atoms with Gasteiger partial charge in [0.1, 0.15) is 11.5 Å². The molecule has 1 aromatic carbocycles. The van der Waals surface area contributed by atoms with Crippen molar-refractivity contribution in [3.05, 3.63) is 53.6 Å². The average Bonchev–Trinajstić information content (AvgIpc) is 3.12. The van der Waals surface area contributed by atoms with Crippen LogP contribution in [0.3, 0.4) is 0 Å². The molecule has 3 heterocycles. The van der Waals surface area contributed by atoms with Crippen LogP contribution in [-0.4, -0.2) is 51.2 Å². The molecule has 0 bridgehead atoms. The van der Waals surface area contributed by atoms with E-state index in [1.54, 1.807) is 0 Å². The number of fused-ring (bicyclic) bond motifs is 1. The van der Waals surface area contributed by atoms with Gasteiger partial charge < -0.3 is 19.9 Å². The number of hydrogen-bond donors (Lipinski definition) is 2. The fourth-order valence-electron chi connectivity index (χ4n) is 3.96. The predicted octanol–water partition coefficient (Wildman–Crippen LogP) is 1.44. The maximum Gasteiger partial charge on any atom is 0.274 e. The van der Waals surface area contributed by atoms with E-state index >= 15 is 0 Å². The first kappa shape index (κ1) is 17.2. The summed E-state index contributed by atoms with van der Waals surface area (Å²) < 4.78 is 2.07. The van der Waals surface area contributed by atoms with E-state index in [4.69, 9.17) is 0 Å². The first-order valence-electron chi connectivity index (χ1n) is 9.49. The summed E-state index contributed by atoms with van der Waals surface area (Å²) in [7, 11) is 0. The Morgan fingerprint density at radius 1 is 1.23 bits per heavy atom. The van der Waals surface area contributed by atoms with E-state index in [-0.39, 0.29) is 17.9 Å². The molecule has 1 atom stereocenters. The highest BCUT2D eigenvalue weighted by Crippen LogP contribution is 2.24. The Bertz CT molecular complexity index is 727. The molecule has 2 aromatic rings. The Kier molecular flexibility index (Phi) is 5.04. The minimum atomic E-state index is -0.347. The van der Waals surface area contributed by atoms with Crippen molar-refractivity contribution in [3.63, 3.8) is 0 Å². The highest BCUT2D eigenvalue weighted by molar-refractivity contribution is 5.92. The first-order valence-corrected chi connectivity index (χ1v) is 9.49. The molecule has 0 saturated carbocycles. The molecule has 4 rings (SSSR count). The smallest absolute Gasteiger partial charge is 0.274 e. The van der Waals surface area contributed by atoms with Gasteiger partial charge in [-0.1, -0.05) is 30.3 Å². The van der Waals surface area contributed by atoms with Gasteiger partial charge in [0.25, 0.3) is 5.91 Å². The topological polar surface area (TPSA) is 70.4 Å². The van der Waals surface area contributed by atoms with Crippen molar-refractivity contribution in [1.82, 2.24) is 19.8 Å². The molecule has 6 heteroatoms. The molecule has 1 amide bonds. The van der Waals surface area contributed by atoms with Crippen molar-refractivity contribution in [2.45, 2.75) is 38.5 Å². The minimum Gasteiger partial charge on any atom is -0.392 e. The molecule has 26 heavy (non-hydrogen) atoms. The number of aliphatic hydroxyl groups is 1. The average molecular weight is 354 g/mol. The number of nitrogens with one attached hydrogen (secondary N) is 1. The predicted molar refractivity (Wildman–Crippen MR) is 98.7 cm³/mol. The number of piperidine rings is 1. The molecule has 6 nitrogen and oxygen atoms in total. The summed E-state index contributed by atoms with van der Waals surface area (Å²) >= 11 is 0. The highest BCUT2D eigenvalue weighted by Gasteiger charge is 2.29. The van der Waals surface area contributed by atoms with Gasteiger partial charge in [-0.2, -0.15) is 0 Å². The Morgan fingerprint density at radius 3 is 2.73 bits per heavy atom. The quantitative estimate of drug-likeness (QED) is 0.872. The number of amides is 1. The molecular formula is C20H26N4O2. The van der Waals surface area contributed by atoms with Crippen LogP contribution in [0.2, 0.25) is 0 Å². The van der Waals surface area contributed by atoms with Gasteiger partial charge in [0.15, 0.2) is 0 Å². The van der Waals surface area contributed by atoms with Gasteiger partial charge in [-0.3, -0.25) is 4.79 Å². The summed E-state index contributed by atoms with van der Waals surface area (Å²) in [5, 5.41) is 13.8. The Labute approximate surface area is 153 Å². The van der Waals surface area contributed by atoms with Crippen LogP contribution in [0.4, 0.5) is 0 Å². The van der Waals surface area contributed by atoms with E-state index in [1.165, 1.54) is 0 Å². The van der Waals surface area contributed by atoms with Crippen molar-refractivity contribution < 1.29 is 9.90 Å². The third-order valence-electron chi connectivity index (χ3n) is 5.55. The summed E-state index contributed by atoms with van der Waals surface area (Å²) in [6, 6.07) is 10.1. The van der Waals surface area contributed by atoms with Crippen LogP contribution in [0.15, 0.2) is 36.5 Å². The molecule has 1 saturated heterocycles. The van der Waals surface area contributed by atoms with E-state index in [0.29, 0.717) is 25.2 Å².